The molecular weight excluding hydrogens is 312 g/mol. The van der Waals surface area contributed by atoms with Crippen LogP contribution in [0.2, 0.25) is 0 Å². The Labute approximate surface area is 141 Å². The number of rotatable bonds is 4. The van der Waals surface area contributed by atoms with Crippen LogP contribution in [0.4, 0.5) is 8.78 Å². The maximum atomic E-state index is 12.6. The molecule has 1 aromatic carbocycles. The van der Waals surface area contributed by atoms with Crippen molar-refractivity contribution in [3.05, 3.63) is 35.9 Å². The van der Waals surface area contributed by atoms with Gasteiger partial charge in [0, 0.05) is 24.2 Å². The number of nitrogens with zero attached hydrogens (tertiary/aromatic N) is 1. The first-order chi connectivity index (χ1) is 11.6. The van der Waals surface area contributed by atoms with Crippen LogP contribution in [0.1, 0.15) is 44.1 Å². The molecule has 1 saturated heterocycles. The van der Waals surface area contributed by atoms with Gasteiger partial charge >= 0.3 is 6.61 Å². The summed E-state index contributed by atoms with van der Waals surface area (Å²) in [5.74, 6) is 0.684. The van der Waals surface area contributed by atoms with Gasteiger partial charge in [0.1, 0.15) is 5.75 Å². The molecule has 2 fully saturated rings. The normalized spacial score (nSPS) is 24.2. The highest BCUT2D eigenvalue weighted by atomic mass is 19.3. The zero-order chi connectivity index (χ0) is 16.9. The lowest BCUT2D eigenvalue weighted by Gasteiger charge is -2.43. The molecule has 2 unspecified atom stereocenters. The second kappa shape index (κ2) is 7.77. The van der Waals surface area contributed by atoms with Gasteiger partial charge in [0.2, 0.25) is 5.91 Å². The highest BCUT2D eigenvalue weighted by molar-refractivity contribution is 5.92. The van der Waals surface area contributed by atoms with Crippen molar-refractivity contribution in [2.45, 2.75) is 51.2 Å². The van der Waals surface area contributed by atoms with E-state index in [4.69, 9.17) is 0 Å². The molecule has 0 N–H and O–H groups in total. The molecule has 1 aliphatic heterocycles. The molecule has 0 radical (unpaired) electrons. The first-order valence-corrected chi connectivity index (χ1v) is 8.67. The summed E-state index contributed by atoms with van der Waals surface area (Å²) in [5, 5.41) is 0. The first-order valence-electron chi connectivity index (χ1n) is 8.67. The molecule has 0 bridgehead atoms. The lowest BCUT2D eigenvalue weighted by Crippen LogP contribution is -2.49. The molecule has 24 heavy (non-hydrogen) atoms. The van der Waals surface area contributed by atoms with E-state index >= 15 is 0 Å². The Morgan fingerprint density at radius 3 is 2.75 bits per heavy atom. The number of alkyl halides is 2. The largest absolute Gasteiger partial charge is 0.434 e. The number of carbonyl (C=O) groups is 1. The van der Waals surface area contributed by atoms with E-state index in [0.717, 1.165) is 19.4 Å². The molecular formula is C19H23F2NO2. The molecule has 1 saturated carbocycles. The zero-order valence-corrected chi connectivity index (χ0v) is 13.7. The summed E-state index contributed by atoms with van der Waals surface area (Å²) in [6.07, 6.45) is 10.1. The number of piperidine rings is 1. The van der Waals surface area contributed by atoms with Crippen LogP contribution in [0, 0.1) is 5.92 Å². The summed E-state index contributed by atoms with van der Waals surface area (Å²) < 4.78 is 29.4. The number of halogens is 2. The Morgan fingerprint density at radius 1 is 1.17 bits per heavy atom. The second-order valence-electron chi connectivity index (χ2n) is 6.54. The number of amides is 1. The Hall–Kier alpha value is -1.91. The van der Waals surface area contributed by atoms with E-state index in [9.17, 15) is 13.6 Å². The highest BCUT2D eigenvalue weighted by Gasteiger charge is 2.34. The van der Waals surface area contributed by atoms with E-state index in [1.165, 1.54) is 37.8 Å². The average molecular weight is 335 g/mol. The minimum atomic E-state index is -2.87. The predicted octanol–water partition coefficient (Wildman–Crippen LogP) is 4.48. The van der Waals surface area contributed by atoms with E-state index in [-0.39, 0.29) is 11.7 Å². The van der Waals surface area contributed by atoms with Crippen LogP contribution in [0.15, 0.2) is 30.3 Å². The van der Waals surface area contributed by atoms with Gasteiger partial charge in [0.05, 0.1) is 0 Å². The maximum absolute atomic E-state index is 12.6. The number of hydrogen-bond acceptors (Lipinski definition) is 2. The Morgan fingerprint density at radius 2 is 1.92 bits per heavy atom. The van der Waals surface area contributed by atoms with E-state index in [0.29, 0.717) is 17.5 Å². The van der Waals surface area contributed by atoms with Crippen molar-refractivity contribution in [3.8, 4) is 5.75 Å². The van der Waals surface area contributed by atoms with Crippen molar-refractivity contribution in [2.75, 3.05) is 6.54 Å². The third kappa shape index (κ3) is 3.94. The van der Waals surface area contributed by atoms with Gasteiger partial charge in [0.25, 0.3) is 0 Å². The van der Waals surface area contributed by atoms with Crippen LogP contribution in [0.5, 0.6) is 5.75 Å². The van der Waals surface area contributed by atoms with Crippen molar-refractivity contribution >= 4 is 12.0 Å². The SMILES string of the molecule is O=C(/C=C/c1ccccc1OC(F)F)N1CCCC2CCCCC21. The Kier molecular flexibility index (Phi) is 5.48. The van der Waals surface area contributed by atoms with Crippen molar-refractivity contribution in [3.63, 3.8) is 0 Å². The van der Waals surface area contributed by atoms with Gasteiger partial charge in [-0.2, -0.15) is 8.78 Å². The Balaban J connectivity index is 1.71. The van der Waals surface area contributed by atoms with Gasteiger partial charge in [-0.05, 0) is 43.7 Å². The molecule has 2 aliphatic rings. The second-order valence-corrected chi connectivity index (χ2v) is 6.54. The maximum Gasteiger partial charge on any atom is 0.387 e. The predicted molar refractivity (Wildman–Crippen MR) is 88.8 cm³/mol. The van der Waals surface area contributed by atoms with Gasteiger partial charge in [-0.15, -0.1) is 0 Å². The minimum Gasteiger partial charge on any atom is -0.434 e. The van der Waals surface area contributed by atoms with Crippen LogP contribution in [-0.2, 0) is 4.79 Å². The number of fused-ring (bicyclic) bond motifs is 1. The number of carbonyl (C=O) groups excluding carboxylic acids is 1. The number of para-hydroxylation sites is 1. The van der Waals surface area contributed by atoms with Crippen molar-refractivity contribution < 1.29 is 18.3 Å². The Bertz CT molecular complexity index is 601. The molecule has 1 amide bonds. The molecule has 3 rings (SSSR count). The number of benzene rings is 1. The quantitative estimate of drug-likeness (QED) is 0.759. The monoisotopic (exact) mass is 335 g/mol. The fraction of sp³-hybridized carbons (Fsp3) is 0.526. The summed E-state index contributed by atoms with van der Waals surface area (Å²) >= 11 is 0. The van der Waals surface area contributed by atoms with Gasteiger partial charge in [-0.3, -0.25) is 4.79 Å². The third-order valence-electron chi connectivity index (χ3n) is 5.07. The van der Waals surface area contributed by atoms with Crippen molar-refractivity contribution in [1.29, 1.82) is 0 Å². The van der Waals surface area contributed by atoms with E-state index in [2.05, 4.69) is 4.74 Å². The van der Waals surface area contributed by atoms with Crippen LogP contribution in [0.3, 0.4) is 0 Å². The average Bonchev–Trinajstić information content (AvgIpc) is 2.60. The third-order valence-corrected chi connectivity index (χ3v) is 5.07. The van der Waals surface area contributed by atoms with E-state index < -0.39 is 6.61 Å². The molecule has 5 heteroatoms. The van der Waals surface area contributed by atoms with Gasteiger partial charge in [0.15, 0.2) is 0 Å². The summed E-state index contributed by atoms with van der Waals surface area (Å²) in [6.45, 7) is -2.08. The topological polar surface area (TPSA) is 29.5 Å². The summed E-state index contributed by atoms with van der Waals surface area (Å²) in [6, 6.07) is 6.86. The molecule has 0 aromatic heterocycles. The molecule has 0 spiro atoms. The van der Waals surface area contributed by atoms with Gasteiger partial charge in [-0.25, -0.2) is 0 Å². The molecule has 2 atom stereocenters. The fourth-order valence-electron chi connectivity index (χ4n) is 3.98. The van der Waals surface area contributed by atoms with E-state index in [1.807, 2.05) is 4.90 Å². The van der Waals surface area contributed by atoms with Crippen LogP contribution < -0.4 is 4.74 Å². The fourth-order valence-corrected chi connectivity index (χ4v) is 3.98. The van der Waals surface area contributed by atoms with Crippen molar-refractivity contribution in [1.82, 2.24) is 4.90 Å². The van der Waals surface area contributed by atoms with Gasteiger partial charge < -0.3 is 9.64 Å². The molecule has 3 nitrogen and oxygen atoms in total. The molecule has 130 valence electrons. The minimum absolute atomic E-state index is 0.0292. The smallest absolute Gasteiger partial charge is 0.387 e. The lowest BCUT2D eigenvalue weighted by molar-refractivity contribution is -0.132. The molecule has 1 aromatic rings. The summed E-state index contributed by atoms with van der Waals surface area (Å²) in [7, 11) is 0. The molecule has 1 aliphatic carbocycles. The highest BCUT2D eigenvalue weighted by Crippen LogP contribution is 2.35. The number of hydrogen-bond donors (Lipinski definition) is 0. The van der Waals surface area contributed by atoms with E-state index in [1.54, 1.807) is 24.3 Å². The first kappa shape index (κ1) is 16.9. The summed E-state index contributed by atoms with van der Waals surface area (Å²) in [5.41, 5.74) is 0.489. The van der Waals surface area contributed by atoms with Crippen LogP contribution in [0.25, 0.3) is 6.08 Å². The zero-order valence-electron chi connectivity index (χ0n) is 13.7. The van der Waals surface area contributed by atoms with Crippen LogP contribution >= 0.6 is 0 Å². The summed E-state index contributed by atoms with van der Waals surface area (Å²) in [4.78, 5) is 14.6. The molecule has 1 heterocycles. The van der Waals surface area contributed by atoms with Crippen molar-refractivity contribution in [2.24, 2.45) is 5.92 Å². The van der Waals surface area contributed by atoms with Crippen LogP contribution in [-0.4, -0.2) is 30.0 Å². The number of likely N-dealkylation sites (tertiary alicyclic amines) is 1. The van der Waals surface area contributed by atoms with Gasteiger partial charge in [-0.1, -0.05) is 31.0 Å². The lowest BCUT2D eigenvalue weighted by atomic mass is 9.78. The number of ether oxygens (including phenoxy) is 1. The standard InChI is InChI=1S/C19H23F2NO2/c20-19(21)24-17-10-4-2-7-15(17)11-12-18(23)22-13-5-8-14-6-1-3-9-16(14)22/h2,4,7,10-12,14,16,19H,1,3,5-6,8-9,13H2/b12-11+.